The van der Waals surface area contributed by atoms with Crippen LogP contribution in [0.3, 0.4) is 0 Å². The highest BCUT2D eigenvalue weighted by atomic mass is 35.5. The molecule has 0 heterocycles. The van der Waals surface area contributed by atoms with Crippen molar-refractivity contribution in [2.45, 2.75) is 76.9 Å². The summed E-state index contributed by atoms with van der Waals surface area (Å²) in [6.45, 7) is 6.98. The molecule has 1 aliphatic carbocycles. The molecule has 9 heteroatoms. The fourth-order valence-electron chi connectivity index (χ4n) is 5.12. The Morgan fingerprint density at radius 1 is 0.951 bits per heavy atom. The number of benzene rings is 3. The second-order valence-electron chi connectivity index (χ2n) is 10.9. The number of nitrogens with one attached hydrogen (secondary N) is 1. The molecule has 7 nitrogen and oxygen atoms in total. The predicted octanol–water partition coefficient (Wildman–Crippen LogP) is 5.94. The van der Waals surface area contributed by atoms with E-state index in [1.807, 2.05) is 26.8 Å². The lowest BCUT2D eigenvalue weighted by Crippen LogP contribution is -2.52. The summed E-state index contributed by atoms with van der Waals surface area (Å²) in [5.74, 6) is -0.732. The third kappa shape index (κ3) is 7.29. The maximum absolute atomic E-state index is 14.1. The zero-order chi connectivity index (χ0) is 29.7. The standard InChI is InChI=1S/C32H38ClN3O4S/c1-22-12-18-29(19-13-22)41(39,40)36(30-11-7-8-23(2)24(30)3)21-31(37)35(20-26-14-16-27(33)17-15-26)25(4)32(38)34-28-9-5-6-10-28/h7-8,11-19,25,28H,5-6,9-10,20-21H2,1-4H3,(H,34,38)/t25-/m1/s1. The van der Waals surface area contributed by atoms with Gasteiger partial charge in [0, 0.05) is 17.6 Å². The molecule has 3 aromatic rings. The Balaban J connectivity index is 1.71. The number of anilines is 1. The molecule has 4 rings (SSSR count). The summed E-state index contributed by atoms with van der Waals surface area (Å²) >= 11 is 6.08. The number of amides is 2. The van der Waals surface area contributed by atoms with Gasteiger partial charge < -0.3 is 10.2 Å². The number of halogens is 1. The summed E-state index contributed by atoms with van der Waals surface area (Å²) in [4.78, 5) is 29.0. The Kier molecular flexibility index (Phi) is 9.76. The maximum atomic E-state index is 14.1. The molecule has 3 aromatic carbocycles. The quantitative estimate of drug-likeness (QED) is 0.314. The fourth-order valence-corrected chi connectivity index (χ4v) is 6.72. The highest BCUT2D eigenvalue weighted by molar-refractivity contribution is 7.92. The summed E-state index contributed by atoms with van der Waals surface area (Å²) in [5, 5.41) is 3.65. The lowest BCUT2D eigenvalue weighted by atomic mass is 10.1. The molecule has 0 spiro atoms. The van der Waals surface area contributed by atoms with Gasteiger partial charge in [0.25, 0.3) is 10.0 Å². The molecular weight excluding hydrogens is 558 g/mol. The minimum Gasteiger partial charge on any atom is -0.352 e. The number of carbonyl (C=O) groups excluding carboxylic acids is 2. The predicted molar refractivity (Wildman–Crippen MR) is 163 cm³/mol. The molecule has 218 valence electrons. The topological polar surface area (TPSA) is 86.8 Å². The zero-order valence-electron chi connectivity index (χ0n) is 24.1. The Hall–Kier alpha value is -3.36. The van der Waals surface area contributed by atoms with E-state index in [4.69, 9.17) is 11.6 Å². The van der Waals surface area contributed by atoms with Gasteiger partial charge >= 0.3 is 0 Å². The maximum Gasteiger partial charge on any atom is 0.264 e. The molecule has 0 aliphatic heterocycles. The number of rotatable bonds is 10. The van der Waals surface area contributed by atoms with Crippen molar-refractivity contribution in [3.8, 4) is 0 Å². The smallest absolute Gasteiger partial charge is 0.264 e. The molecule has 0 saturated heterocycles. The van der Waals surface area contributed by atoms with E-state index in [0.717, 1.165) is 47.9 Å². The first-order valence-corrected chi connectivity index (χ1v) is 15.8. The number of aryl methyl sites for hydroxylation is 2. The van der Waals surface area contributed by atoms with E-state index in [-0.39, 0.29) is 23.4 Å². The molecular formula is C32H38ClN3O4S. The van der Waals surface area contributed by atoms with E-state index in [1.165, 1.54) is 9.21 Å². The number of sulfonamides is 1. The molecule has 1 atom stereocenters. The van der Waals surface area contributed by atoms with Gasteiger partial charge in [0.05, 0.1) is 10.6 Å². The van der Waals surface area contributed by atoms with E-state index < -0.39 is 28.5 Å². The van der Waals surface area contributed by atoms with Gasteiger partial charge in [-0.25, -0.2) is 8.42 Å². The van der Waals surface area contributed by atoms with Crippen LogP contribution >= 0.6 is 11.6 Å². The first-order chi connectivity index (χ1) is 19.5. The summed E-state index contributed by atoms with van der Waals surface area (Å²) in [6.07, 6.45) is 3.96. The van der Waals surface area contributed by atoms with Gasteiger partial charge in [0.2, 0.25) is 11.8 Å². The Labute approximate surface area is 248 Å². The normalized spacial score (nSPS) is 14.5. The van der Waals surface area contributed by atoms with Crippen LogP contribution in [0, 0.1) is 20.8 Å². The van der Waals surface area contributed by atoms with Crippen LogP contribution in [0.2, 0.25) is 5.02 Å². The van der Waals surface area contributed by atoms with Gasteiger partial charge in [0.15, 0.2) is 0 Å². The van der Waals surface area contributed by atoms with Crippen molar-refractivity contribution in [2.75, 3.05) is 10.8 Å². The number of hydrogen-bond acceptors (Lipinski definition) is 4. The minimum atomic E-state index is -4.11. The van der Waals surface area contributed by atoms with Crippen molar-refractivity contribution in [3.63, 3.8) is 0 Å². The first kappa shape index (κ1) is 30.6. The van der Waals surface area contributed by atoms with Crippen LogP contribution in [-0.4, -0.2) is 43.8 Å². The van der Waals surface area contributed by atoms with Gasteiger partial charge in [-0.15, -0.1) is 0 Å². The van der Waals surface area contributed by atoms with Gasteiger partial charge in [-0.05, 0) is 87.6 Å². The average molecular weight is 596 g/mol. The number of nitrogens with zero attached hydrogens (tertiary/aromatic N) is 2. The van der Waals surface area contributed by atoms with Gasteiger partial charge in [-0.1, -0.05) is 66.4 Å². The van der Waals surface area contributed by atoms with Gasteiger partial charge in [-0.2, -0.15) is 0 Å². The molecule has 1 N–H and O–H groups in total. The summed E-state index contributed by atoms with van der Waals surface area (Å²) in [6, 6.07) is 18.3. The van der Waals surface area contributed by atoms with Crippen LogP contribution in [0.5, 0.6) is 0 Å². The molecule has 0 bridgehead atoms. The van der Waals surface area contributed by atoms with E-state index in [2.05, 4.69) is 5.32 Å². The monoisotopic (exact) mass is 595 g/mol. The average Bonchev–Trinajstić information content (AvgIpc) is 3.46. The first-order valence-electron chi connectivity index (χ1n) is 14.0. The third-order valence-corrected chi connectivity index (χ3v) is 9.89. The lowest BCUT2D eigenvalue weighted by molar-refractivity contribution is -0.139. The SMILES string of the molecule is Cc1ccc(S(=O)(=O)N(CC(=O)N(Cc2ccc(Cl)cc2)[C@H](C)C(=O)NC2CCCC2)c2cccc(C)c2C)cc1. The summed E-state index contributed by atoms with van der Waals surface area (Å²) in [7, 11) is -4.11. The molecule has 41 heavy (non-hydrogen) atoms. The Morgan fingerprint density at radius 3 is 2.22 bits per heavy atom. The van der Waals surface area contributed by atoms with Crippen molar-refractivity contribution in [1.29, 1.82) is 0 Å². The molecule has 1 fully saturated rings. The van der Waals surface area contributed by atoms with Gasteiger partial charge in [-0.3, -0.25) is 13.9 Å². The molecule has 0 radical (unpaired) electrons. The van der Waals surface area contributed by atoms with E-state index in [1.54, 1.807) is 67.6 Å². The van der Waals surface area contributed by atoms with Crippen molar-refractivity contribution < 1.29 is 18.0 Å². The van der Waals surface area contributed by atoms with Crippen molar-refractivity contribution in [2.24, 2.45) is 0 Å². The van der Waals surface area contributed by atoms with E-state index >= 15 is 0 Å². The van der Waals surface area contributed by atoms with Crippen LogP contribution in [0.1, 0.15) is 54.9 Å². The summed E-state index contributed by atoms with van der Waals surface area (Å²) in [5.41, 5.74) is 3.79. The summed E-state index contributed by atoms with van der Waals surface area (Å²) < 4.78 is 29.3. The highest BCUT2D eigenvalue weighted by Gasteiger charge is 2.34. The molecule has 2 amide bonds. The highest BCUT2D eigenvalue weighted by Crippen LogP contribution is 2.29. The largest absolute Gasteiger partial charge is 0.352 e. The van der Waals surface area contributed by atoms with Gasteiger partial charge in [0.1, 0.15) is 12.6 Å². The third-order valence-electron chi connectivity index (χ3n) is 7.87. The lowest BCUT2D eigenvalue weighted by Gasteiger charge is -2.33. The molecule has 0 aromatic heterocycles. The van der Waals surface area contributed by atoms with E-state index in [0.29, 0.717) is 10.7 Å². The second kappa shape index (κ2) is 13.1. The van der Waals surface area contributed by atoms with Crippen LogP contribution in [0.15, 0.2) is 71.6 Å². The number of carbonyl (C=O) groups is 2. The van der Waals surface area contributed by atoms with E-state index in [9.17, 15) is 18.0 Å². The van der Waals surface area contributed by atoms with Crippen molar-refractivity contribution >= 4 is 39.1 Å². The molecule has 1 aliphatic rings. The van der Waals surface area contributed by atoms with Crippen LogP contribution in [0.25, 0.3) is 0 Å². The minimum absolute atomic E-state index is 0.0887. The van der Waals surface area contributed by atoms with Crippen LogP contribution < -0.4 is 9.62 Å². The molecule has 1 saturated carbocycles. The van der Waals surface area contributed by atoms with Crippen molar-refractivity contribution in [1.82, 2.24) is 10.2 Å². The van der Waals surface area contributed by atoms with Crippen LogP contribution in [0.4, 0.5) is 5.69 Å². The fraction of sp³-hybridized carbons (Fsp3) is 0.375. The second-order valence-corrected chi connectivity index (χ2v) is 13.2. The number of hydrogen-bond donors (Lipinski definition) is 1. The Morgan fingerprint density at radius 2 is 1.59 bits per heavy atom. The van der Waals surface area contributed by atoms with Crippen LogP contribution in [-0.2, 0) is 26.2 Å². The van der Waals surface area contributed by atoms with Crippen molar-refractivity contribution in [3.05, 3.63) is 94.0 Å². The zero-order valence-corrected chi connectivity index (χ0v) is 25.6. The Bertz CT molecular complexity index is 1480. The molecule has 0 unspecified atom stereocenters.